The van der Waals surface area contributed by atoms with Crippen LogP contribution in [0.15, 0.2) is 12.3 Å². The Morgan fingerprint density at radius 2 is 1.90 bits per heavy atom. The first-order valence-corrected chi connectivity index (χ1v) is 7.29. The molecule has 0 aromatic carbocycles. The average Bonchev–Trinajstić information content (AvgIpc) is 2.34. The zero-order valence-corrected chi connectivity index (χ0v) is 14.1. The number of aldehydes is 1. The highest BCUT2D eigenvalue weighted by molar-refractivity contribution is 5.68. The van der Waals surface area contributed by atoms with E-state index in [2.05, 4.69) is 6.58 Å². The molecule has 0 aromatic heterocycles. The van der Waals surface area contributed by atoms with Crippen molar-refractivity contribution in [3.63, 3.8) is 0 Å². The molecule has 122 valence electrons. The van der Waals surface area contributed by atoms with E-state index in [-0.39, 0.29) is 6.04 Å². The molecule has 0 fully saturated rings. The molecule has 5 heteroatoms. The van der Waals surface area contributed by atoms with Gasteiger partial charge in [-0.3, -0.25) is 0 Å². The van der Waals surface area contributed by atoms with Gasteiger partial charge in [0.1, 0.15) is 17.6 Å². The van der Waals surface area contributed by atoms with Crippen molar-refractivity contribution in [2.45, 2.75) is 59.1 Å². The van der Waals surface area contributed by atoms with Crippen molar-refractivity contribution in [3.8, 4) is 0 Å². The van der Waals surface area contributed by atoms with Crippen LogP contribution in [-0.2, 0) is 14.3 Å². The van der Waals surface area contributed by atoms with Crippen molar-refractivity contribution < 1.29 is 19.1 Å². The van der Waals surface area contributed by atoms with Crippen molar-refractivity contribution in [1.29, 1.82) is 0 Å². The number of carbonyl (C=O) groups is 2. The van der Waals surface area contributed by atoms with Gasteiger partial charge < -0.3 is 19.2 Å². The molecule has 0 saturated carbocycles. The summed E-state index contributed by atoms with van der Waals surface area (Å²) in [6.45, 7) is 13.9. The average molecular weight is 299 g/mol. The van der Waals surface area contributed by atoms with Crippen LogP contribution in [-0.4, -0.2) is 42.6 Å². The molecule has 1 atom stereocenters. The third-order valence-corrected chi connectivity index (χ3v) is 2.68. The summed E-state index contributed by atoms with van der Waals surface area (Å²) in [4.78, 5) is 24.2. The standard InChI is InChI=1S/C16H29NO4/c1-12(2)11-20-13(3)14(9-8-10-18)17(7)15(19)21-16(4,5)6/h10,12,14H,3,8-9,11H2,1-2,4-7H3/t14-/m0/s1. The van der Waals surface area contributed by atoms with E-state index in [9.17, 15) is 9.59 Å². The molecular weight excluding hydrogens is 270 g/mol. The second-order valence-corrected chi connectivity index (χ2v) is 6.52. The molecule has 0 saturated heterocycles. The molecule has 0 aliphatic rings. The SMILES string of the molecule is C=C(OCC(C)C)[C@H](CCC=O)N(C)C(=O)OC(C)(C)C. The molecule has 0 bridgehead atoms. The van der Waals surface area contributed by atoms with E-state index in [4.69, 9.17) is 9.47 Å². The summed E-state index contributed by atoms with van der Waals surface area (Å²) in [5.41, 5.74) is -0.569. The van der Waals surface area contributed by atoms with Gasteiger partial charge in [-0.2, -0.15) is 0 Å². The van der Waals surface area contributed by atoms with Crippen LogP contribution < -0.4 is 0 Å². The minimum atomic E-state index is -0.569. The molecule has 1 amide bonds. The Balaban J connectivity index is 4.82. The van der Waals surface area contributed by atoms with Gasteiger partial charge in [0.25, 0.3) is 0 Å². The van der Waals surface area contributed by atoms with Gasteiger partial charge in [0.05, 0.1) is 12.6 Å². The number of rotatable bonds is 8. The molecule has 0 unspecified atom stereocenters. The van der Waals surface area contributed by atoms with Crippen molar-refractivity contribution in [2.24, 2.45) is 5.92 Å². The minimum Gasteiger partial charge on any atom is -0.496 e. The van der Waals surface area contributed by atoms with E-state index in [1.54, 1.807) is 7.05 Å². The Morgan fingerprint density at radius 3 is 2.33 bits per heavy atom. The third-order valence-electron chi connectivity index (χ3n) is 2.68. The molecule has 0 spiro atoms. The summed E-state index contributed by atoms with van der Waals surface area (Å²) in [5, 5.41) is 0. The molecule has 0 aromatic rings. The Bertz CT molecular complexity index is 358. The van der Waals surface area contributed by atoms with Gasteiger partial charge in [0.2, 0.25) is 0 Å². The maximum absolute atomic E-state index is 12.1. The van der Waals surface area contributed by atoms with Crippen LogP contribution >= 0.6 is 0 Å². The minimum absolute atomic E-state index is 0.335. The Labute approximate surface area is 128 Å². The third kappa shape index (κ3) is 8.38. The lowest BCUT2D eigenvalue weighted by molar-refractivity contribution is -0.108. The second kappa shape index (κ2) is 8.70. The molecule has 0 rings (SSSR count). The summed E-state index contributed by atoms with van der Waals surface area (Å²) in [5.74, 6) is 0.846. The van der Waals surface area contributed by atoms with Crippen molar-refractivity contribution in [3.05, 3.63) is 12.3 Å². The molecule has 0 aliphatic carbocycles. The van der Waals surface area contributed by atoms with Crippen LogP contribution in [0.5, 0.6) is 0 Å². The van der Waals surface area contributed by atoms with Gasteiger partial charge in [-0.1, -0.05) is 20.4 Å². The number of ether oxygens (including phenoxy) is 2. The van der Waals surface area contributed by atoms with Gasteiger partial charge in [-0.15, -0.1) is 0 Å². The molecular formula is C16H29NO4. The smallest absolute Gasteiger partial charge is 0.410 e. The van der Waals surface area contributed by atoms with E-state index in [0.29, 0.717) is 31.1 Å². The van der Waals surface area contributed by atoms with Crippen LogP contribution in [0.3, 0.4) is 0 Å². The normalized spacial score (nSPS) is 12.7. The van der Waals surface area contributed by atoms with Crippen LogP contribution in [0.25, 0.3) is 0 Å². The maximum Gasteiger partial charge on any atom is 0.410 e. The highest BCUT2D eigenvalue weighted by Gasteiger charge is 2.27. The van der Waals surface area contributed by atoms with Crippen LogP contribution in [0.4, 0.5) is 4.79 Å². The monoisotopic (exact) mass is 299 g/mol. The largest absolute Gasteiger partial charge is 0.496 e. The lowest BCUT2D eigenvalue weighted by Crippen LogP contribution is -2.42. The maximum atomic E-state index is 12.1. The predicted octanol–water partition coefficient (Wildman–Crippen LogP) is 3.39. The van der Waals surface area contributed by atoms with E-state index in [1.165, 1.54) is 4.90 Å². The van der Waals surface area contributed by atoms with Gasteiger partial charge >= 0.3 is 6.09 Å². The molecule has 0 heterocycles. The van der Waals surface area contributed by atoms with Crippen LogP contribution in [0.2, 0.25) is 0 Å². The van der Waals surface area contributed by atoms with Crippen molar-refractivity contribution >= 4 is 12.4 Å². The summed E-state index contributed by atoms with van der Waals surface area (Å²) in [6.07, 6.45) is 1.18. The zero-order chi connectivity index (χ0) is 16.6. The first kappa shape index (κ1) is 19.5. The predicted molar refractivity (Wildman–Crippen MR) is 83.0 cm³/mol. The molecule has 21 heavy (non-hydrogen) atoms. The topological polar surface area (TPSA) is 55.8 Å². The fraction of sp³-hybridized carbons (Fsp3) is 0.750. The van der Waals surface area contributed by atoms with E-state index >= 15 is 0 Å². The Morgan fingerprint density at radius 1 is 1.33 bits per heavy atom. The fourth-order valence-electron chi connectivity index (χ4n) is 1.63. The van der Waals surface area contributed by atoms with Gasteiger partial charge in [0, 0.05) is 13.5 Å². The van der Waals surface area contributed by atoms with Crippen molar-refractivity contribution in [1.82, 2.24) is 4.90 Å². The first-order valence-electron chi connectivity index (χ1n) is 7.29. The number of hydrogen-bond acceptors (Lipinski definition) is 4. The van der Waals surface area contributed by atoms with E-state index in [0.717, 1.165) is 6.29 Å². The number of likely N-dealkylation sites (N-methyl/N-ethyl adjacent to an activating group) is 1. The summed E-state index contributed by atoms with van der Waals surface area (Å²) in [7, 11) is 1.63. The van der Waals surface area contributed by atoms with E-state index < -0.39 is 11.7 Å². The van der Waals surface area contributed by atoms with Crippen LogP contribution in [0.1, 0.15) is 47.5 Å². The summed E-state index contributed by atoms with van der Waals surface area (Å²) < 4.78 is 10.9. The van der Waals surface area contributed by atoms with Crippen molar-refractivity contribution in [2.75, 3.05) is 13.7 Å². The molecule has 0 N–H and O–H groups in total. The number of amides is 1. The second-order valence-electron chi connectivity index (χ2n) is 6.52. The van der Waals surface area contributed by atoms with Gasteiger partial charge in [-0.05, 0) is 33.1 Å². The lowest BCUT2D eigenvalue weighted by atomic mass is 10.1. The zero-order valence-electron chi connectivity index (χ0n) is 14.1. The lowest BCUT2D eigenvalue weighted by Gasteiger charge is -2.31. The molecule has 0 aliphatic heterocycles. The summed E-state index contributed by atoms with van der Waals surface area (Å²) >= 11 is 0. The van der Waals surface area contributed by atoms with Gasteiger partial charge in [-0.25, -0.2) is 4.79 Å². The highest BCUT2D eigenvalue weighted by Crippen LogP contribution is 2.18. The van der Waals surface area contributed by atoms with Crippen LogP contribution in [0, 0.1) is 5.92 Å². The first-order chi connectivity index (χ1) is 9.58. The van der Waals surface area contributed by atoms with Gasteiger partial charge in [0.15, 0.2) is 0 Å². The number of hydrogen-bond donors (Lipinski definition) is 0. The molecule has 5 nitrogen and oxygen atoms in total. The Kier molecular flexibility index (Phi) is 8.07. The number of nitrogens with zero attached hydrogens (tertiary/aromatic N) is 1. The quantitative estimate of drug-likeness (QED) is 0.509. The fourth-order valence-corrected chi connectivity index (χ4v) is 1.63. The highest BCUT2D eigenvalue weighted by atomic mass is 16.6. The number of carbonyl (C=O) groups excluding carboxylic acids is 2. The Hall–Kier alpha value is -1.52. The van der Waals surface area contributed by atoms with E-state index in [1.807, 2.05) is 34.6 Å². The molecule has 0 radical (unpaired) electrons. The summed E-state index contributed by atoms with van der Waals surface area (Å²) in [6, 6.07) is -0.371.